The Labute approximate surface area is 95.9 Å². The van der Waals surface area contributed by atoms with Crippen molar-refractivity contribution in [3.05, 3.63) is 35.4 Å². The maximum atomic E-state index is 3.61. The third kappa shape index (κ3) is 2.84. The molecule has 0 heterocycles. The Morgan fingerprint density at radius 2 is 1.79 bits per heavy atom. The topological polar surface area (TPSA) is 0 Å². The predicted octanol–water partition coefficient (Wildman–Crippen LogP) is 4.52. The molecule has 0 saturated heterocycles. The summed E-state index contributed by atoms with van der Waals surface area (Å²) in [4.78, 5) is 0. The normalized spacial score (nSPS) is 15.1. The standard InChI is InChI=1S/C13H19Br/c1-4-11(3)13(9-14)12-7-5-10(2)6-8-12/h5-8,11,13H,4,9H2,1-3H3. The molecule has 0 spiro atoms. The predicted molar refractivity (Wildman–Crippen MR) is 67.2 cm³/mol. The van der Waals surface area contributed by atoms with Gasteiger partial charge in [-0.15, -0.1) is 0 Å². The van der Waals surface area contributed by atoms with E-state index < -0.39 is 0 Å². The Morgan fingerprint density at radius 1 is 1.21 bits per heavy atom. The number of rotatable bonds is 4. The van der Waals surface area contributed by atoms with Gasteiger partial charge in [0.25, 0.3) is 0 Å². The monoisotopic (exact) mass is 254 g/mol. The minimum atomic E-state index is 0.653. The first-order valence-electron chi connectivity index (χ1n) is 5.31. The average Bonchev–Trinajstić information content (AvgIpc) is 2.21. The van der Waals surface area contributed by atoms with Crippen LogP contribution in [-0.4, -0.2) is 5.33 Å². The van der Waals surface area contributed by atoms with Crippen LogP contribution >= 0.6 is 15.9 Å². The van der Waals surface area contributed by atoms with Crippen LogP contribution in [0, 0.1) is 12.8 Å². The van der Waals surface area contributed by atoms with E-state index in [0.717, 1.165) is 11.2 Å². The molecule has 1 aromatic rings. The molecule has 1 heteroatoms. The summed E-state index contributed by atoms with van der Waals surface area (Å²) in [5, 5.41) is 1.06. The lowest BCUT2D eigenvalue weighted by atomic mass is 9.87. The van der Waals surface area contributed by atoms with Crippen LogP contribution in [0.2, 0.25) is 0 Å². The zero-order valence-electron chi connectivity index (χ0n) is 9.26. The first-order valence-corrected chi connectivity index (χ1v) is 6.43. The largest absolute Gasteiger partial charge is 0.0921 e. The summed E-state index contributed by atoms with van der Waals surface area (Å²) in [6.45, 7) is 6.72. The molecule has 14 heavy (non-hydrogen) atoms. The molecule has 0 nitrogen and oxygen atoms in total. The van der Waals surface area contributed by atoms with Crippen molar-refractivity contribution in [1.82, 2.24) is 0 Å². The molecule has 0 aliphatic rings. The van der Waals surface area contributed by atoms with Gasteiger partial charge in [-0.05, 0) is 24.3 Å². The van der Waals surface area contributed by atoms with E-state index in [4.69, 9.17) is 0 Å². The molecule has 78 valence electrons. The van der Waals surface area contributed by atoms with E-state index in [2.05, 4.69) is 61.0 Å². The fraction of sp³-hybridized carbons (Fsp3) is 0.538. The van der Waals surface area contributed by atoms with Gasteiger partial charge in [0, 0.05) is 5.33 Å². The van der Waals surface area contributed by atoms with Crippen molar-refractivity contribution in [1.29, 1.82) is 0 Å². The fourth-order valence-corrected chi connectivity index (χ4v) is 2.68. The van der Waals surface area contributed by atoms with E-state index in [9.17, 15) is 0 Å². The molecule has 1 aromatic carbocycles. The van der Waals surface area contributed by atoms with E-state index in [1.807, 2.05) is 0 Å². The molecule has 0 radical (unpaired) electrons. The maximum absolute atomic E-state index is 3.61. The zero-order valence-corrected chi connectivity index (χ0v) is 10.8. The molecule has 0 fully saturated rings. The van der Waals surface area contributed by atoms with Gasteiger partial charge in [0.15, 0.2) is 0 Å². The number of benzene rings is 1. The molecule has 0 amide bonds. The molecule has 0 aromatic heterocycles. The van der Waals surface area contributed by atoms with Crippen LogP contribution in [0.5, 0.6) is 0 Å². The third-order valence-electron chi connectivity index (χ3n) is 3.00. The van der Waals surface area contributed by atoms with E-state index in [1.54, 1.807) is 0 Å². The Balaban J connectivity index is 2.84. The van der Waals surface area contributed by atoms with Crippen molar-refractivity contribution in [2.75, 3.05) is 5.33 Å². The van der Waals surface area contributed by atoms with Crippen LogP contribution in [0.15, 0.2) is 24.3 Å². The lowest BCUT2D eigenvalue weighted by molar-refractivity contribution is 0.480. The second-order valence-electron chi connectivity index (χ2n) is 4.06. The highest BCUT2D eigenvalue weighted by Crippen LogP contribution is 2.28. The molecule has 0 saturated carbocycles. The minimum Gasteiger partial charge on any atom is -0.0921 e. The molecule has 2 atom stereocenters. The smallest absolute Gasteiger partial charge is 0.0103 e. The van der Waals surface area contributed by atoms with Crippen LogP contribution in [-0.2, 0) is 0 Å². The summed E-state index contributed by atoms with van der Waals surface area (Å²) in [6, 6.07) is 8.92. The van der Waals surface area contributed by atoms with Crippen molar-refractivity contribution in [3.8, 4) is 0 Å². The first-order chi connectivity index (χ1) is 6.69. The second-order valence-corrected chi connectivity index (χ2v) is 4.70. The van der Waals surface area contributed by atoms with Gasteiger partial charge in [-0.2, -0.15) is 0 Å². The second kappa shape index (κ2) is 5.55. The molecule has 1 rings (SSSR count). The highest BCUT2D eigenvalue weighted by atomic mass is 79.9. The fourth-order valence-electron chi connectivity index (χ4n) is 1.67. The lowest BCUT2D eigenvalue weighted by Gasteiger charge is -2.21. The summed E-state index contributed by atoms with van der Waals surface area (Å²) in [7, 11) is 0. The first kappa shape index (κ1) is 11.8. The number of alkyl halides is 1. The third-order valence-corrected chi connectivity index (χ3v) is 3.70. The Morgan fingerprint density at radius 3 is 2.21 bits per heavy atom. The van der Waals surface area contributed by atoms with E-state index in [-0.39, 0.29) is 0 Å². The number of halogens is 1. The molecular formula is C13H19Br. The van der Waals surface area contributed by atoms with Gasteiger partial charge in [0.1, 0.15) is 0 Å². The summed E-state index contributed by atoms with van der Waals surface area (Å²) in [6.07, 6.45) is 1.24. The Kier molecular flexibility index (Phi) is 4.67. The van der Waals surface area contributed by atoms with Crippen molar-refractivity contribution >= 4 is 15.9 Å². The molecule has 0 bridgehead atoms. The van der Waals surface area contributed by atoms with Crippen molar-refractivity contribution in [2.24, 2.45) is 5.92 Å². The Hall–Kier alpha value is -0.300. The van der Waals surface area contributed by atoms with Crippen molar-refractivity contribution in [2.45, 2.75) is 33.1 Å². The molecule has 0 aliphatic heterocycles. The summed E-state index contributed by atoms with van der Waals surface area (Å²) in [5.74, 6) is 1.40. The number of hydrogen-bond acceptors (Lipinski definition) is 0. The summed E-state index contributed by atoms with van der Waals surface area (Å²) < 4.78 is 0. The summed E-state index contributed by atoms with van der Waals surface area (Å²) >= 11 is 3.61. The average molecular weight is 255 g/mol. The van der Waals surface area contributed by atoms with E-state index in [0.29, 0.717) is 5.92 Å². The van der Waals surface area contributed by atoms with Gasteiger partial charge in [-0.3, -0.25) is 0 Å². The highest BCUT2D eigenvalue weighted by molar-refractivity contribution is 9.09. The molecule has 0 N–H and O–H groups in total. The number of hydrogen-bond donors (Lipinski definition) is 0. The van der Waals surface area contributed by atoms with Gasteiger partial charge < -0.3 is 0 Å². The van der Waals surface area contributed by atoms with Crippen LogP contribution in [0.4, 0.5) is 0 Å². The molecule has 2 unspecified atom stereocenters. The Bertz CT molecular complexity index is 263. The maximum Gasteiger partial charge on any atom is 0.0103 e. The van der Waals surface area contributed by atoms with Crippen LogP contribution in [0.25, 0.3) is 0 Å². The van der Waals surface area contributed by atoms with E-state index >= 15 is 0 Å². The quantitative estimate of drug-likeness (QED) is 0.694. The molecular weight excluding hydrogens is 236 g/mol. The zero-order chi connectivity index (χ0) is 10.6. The van der Waals surface area contributed by atoms with Gasteiger partial charge >= 0.3 is 0 Å². The SMILES string of the molecule is CCC(C)C(CBr)c1ccc(C)cc1. The van der Waals surface area contributed by atoms with E-state index in [1.165, 1.54) is 17.5 Å². The molecule has 0 aliphatic carbocycles. The van der Waals surface area contributed by atoms with Crippen LogP contribution in [0.3, 0.4) is 0 Å². The van der Waals surface area contributed by atoms with Crippen molar-refractivity contribution < 1.29 is 0 Å². The number of aryl methyl sites for hydroxylation is 1. The lowest BCUT2D eigenvalue weighted by Crippen LogP contribution is -2.10. The van der Waals surface area contributed by atoms with Gasteiger partial charge in [-0.1, -0.05) is 66.0 Å². The highest BCUT2D eigenvalue weighted by Gasteiger charge is 2.16. The van der Waals surface area contributed by atoms with Gasteiger partial charge in [0.2, 0.25) is 0 Å². The minimum absolute atomic E-state index is 0.653. The van der Waals surface area contributed by atoms with Crippen LogP contribution in [0.1, 0.15) is 37.3 Å². The summed E-state index contributed by atoms with van der Waals surface area (Å²) in [5.41, 5.74) is 2.80. The van der Waals surface area contributed by atoms with Crippen molar-refractivity contribution in [3.63, 3.8) is 0 Å². The van der Waals surface area contributed by atoms with Gasteiger partial charge in [0.05, 0.1) is 0 Å². The van der Waals surface area contributed by atoms with Gasteiger partial charge in [-0.25, -0.2) is 0 Å². The van der Waals surface area contributed by atoms with Crippen LogP contribution < -0.4 is 0 Å².